The van der Waals surface area contributed by atoms with Crippen molar-refractivity contribution in [1.82, 2.24) is 4.98 Å². The highest BCUT2D eigenvalue weighted by atomic mass is 35.5. The van der Waals surface area contributed by atoms with Crippen molar-refractivity contribution in [3.8, 4) is 0 Å². The Kier molecular flexibility index (Phi) is 3.82. The van der Waals surface area contributed by atoms with E-state index in [-0.39, 0.29) is 21.4 Å². The van der Waals surface area contributed by atoms with Gasteiger partial charge in [0.2, 0.25) is 5.95 Å². The molecule has 0 aliphatic heterocycles. The largest absolute Gasteiger partial charge is 0.398 e. The molecule has 0 fully saturated rings. The summed E-state index contributed by atoms with van der Waals surface area (Å²) in [5, 5.41) is 0.195. The molecule has 0 saturated heterocycles. The van der Waals surface area contributed by atoms with Crippen LogP contribution >= 0.6 is 11.6 Å². The molecular weight excluding hydrogens is 305 g/mol. The predicted octanol–water partition coefficient (Wildman–Crippen LogP) is 2.57. The number of nitrogens with two attached hydrogens (primary N) is 1. The predicted molar refractivity (Wildman–Crippen MR) is 75.6 cm³/mol. The van der Waals surface area contributed by atoms with Crippen LogP contribution in [0.25, 0.3) is 0 Å². The monoisotopic (exact) mass is 315 g/mol. The highest BCUT2D eigenvalue weighted by Crippen LogP contribution is 2.27. The molecule has 5 nitrogen and oxygen atoms in total. The molecule has 0 spiro atoms. The summed E-state index contributed by atoms with van der Waals surface area (Å²) in [4.78, 5) is 3.36. The highest BCUT2D eigenvalue weighted by molar-refractivity contribution is 7.92. The van der Waals surface area contributed by atoms with Crippen LogP contribution in [-0.2, 0) is 10.0 Å². The van der Waals surface area contributed by atoms with Crippen LogP contribution in [0.1, 0.15) is 5.56 Å². The summed E-state index contributed by atoms with van der Waals surface area (Å²) in [5.41, 5.74) is 6.30. The number of nitrogen functional groups attached to an aromatic ring is 1. The number of hydrogen-bond acceptors (Lipinski definition) is 4. The summed E-state index contributed by atoms with van der Waals surface area (Å²) < 4.78 is 39.6. The van der Waals surface area contributed by atoms with E-state index in [9.17, 15) is 12.8 Å². The Hall–Kier alpha value is -1.86. The Bertz CT molecular complexity index is 765. The zero-order chi connectivity index (χ0) is 14.9. The molecule has 0 aliphatic carbocycles. The molecule has 2 rings (SSSR count). The number of rotatable bonds is 3. The lowest BCUT2D eigenvalue weighted by atomic mass is 10.2. The number of benzene rings is 1. The van der Waals surface area contributed by atoms with Crippen molar-refractivity contribution in [3.63, 3.8) is 0 Å². The topological polar surface area (TPSA) is 85.1 Å². The summed E-state index contributed by atoms with van der Waals surface area (Å²) in [7, 11) is -3.95. The molecule has 0 bridgehead atoms. The molecule has 8 heteroatoms. The van der Waals surface area contributed by atoms with E-state index in [1.807, 2.05) is 0 Å². The minimum atomic E-state index is -3.95. The quantitative estimate of drug-likeness (QED) is 0.673. The lowest BCUT2D eigenvalue weighted by molar-refractivity contribution is 0.584. The van der Waals surface area contributed by atoms with Gasteiger partial charge in [-0.15, -0.1) is 0 Å². The van der Waals surface area contributed by atoms with Crippen molar-refractivity contribution in [1.29, 1.82) is 0 Å². The van der Waals surface area contributed by atoms with Crippen LogP contribution in [0.2, 0.25) is 5.02 Å². The second kappa shape index (κ2) is 5.26. The Morgan fingerprint density at radius 1 is 1.35 bits per heavy atom. The third-order valence-electron chi connectivity index (χ3n) is 2.61. The molecule has 0 amide bonds. The number of sulfonamides is 1. The van der Waals surface area contributed by atoms with Gasteiger partial charge < -0.3 is 5.73 Å². The molecular formula is C12H11ClFN3O2S. The molecule has 0 atom stereocenters. The number of anilines is 2. The molecule has 0 aliphatic rings. The van der Waals surface area contributed by atoms with E-state index in [1.54, 1.807) is 6.92 Å². The summed E-state index contributed by atoms with van der Waals surface area (Å²) in [6.45, 7) is 1.55. The Labute approximate surface area is 120 Å². The van der Waals surface area contributed by atoms with E-state index in [1.165, 1.54) is 24.3 Å². The van der Waals surface area contributed by atoms with Gasteiger partial charge in [-0.25, -0.2) is 13.4 Å². The average molecular weight is 316 g/mol. The molecule has 1 aromatic carbocycles. The molecule has 0 radical (unpaired) electrons. The summed E-state index contributed by atoms with van der Waals surface area (Å²) in [6, 6.07) is 6.52. The normalized spacial score (nSPS) is 11.3. The van der Waals surface area contributed by atoms with Crippen LogP contribution in [0.5, 0.6) is 0 Å². The number of nitrogens with one attached hydrogen (secondary N) is 1. The van der Waals surface area contributed by atoms with Crippen LogP contribution in [0.4, 0.5) is 15.9 Å². The maximum Gasteiger partial charge on any atom is 0.263 e. The van der Waals surface area contributed by atoms with Gasteiger partial charge in [0.1, 0.15) is 5.82 Å². The fourth-order valence-corrected chi connectivity index (χ4v) is 3.20. The van der Waals surface area contributed by atoms with Crippen LogP contribution in [0.3, 0.4) is 0 Å². The van der Waals surface area contributed by atoms with E-state index in [4.69, 9.17) is 17.3 Å². The van der Waals surface area contributed by atoms with Gasteiger partial charge in [-0.3, -0.25) is 4.72 Å². The van der Waals surface area contributed by atoms with E-state index >= 15 is 0 Å². The number of halogens is 2. The molecule has 3 N–H and O–H groups in total. The van der Waals surface area contributed by atoms with Gasteiger partial charge in [0.15, 0.2) is 0 Å². The van der Waals surface area contributed by atoms with E-state index in [0.29, 0.717) is 5.56 Å². The first-order valence-electron chi connectivity index (χ1n) is 5.50. The SMILES string of the molecule is Cc1c(N)cc(Cl)cc1S(=O)(=O)Nc1cccc(F)n1. The standard InChI is InChI=1S/C12H11ClFN3O2S/c1-7-9(15)5-8(13)6-10(7)20(18,19)17-12-4-2-3-11(14)16-12/h2-6H,15H2,1H3,(H,16,17). The lowest BCUT2D eigenvalue weighted by Crippen LogP contribution is -2.16. The van der Waals surface area contributed by atoms with Crippen LogP contribution in [-0.4, -0.2) is 13.4 Å². The first-order valence-corrected chi connectivity index (χ1v) is 7.37. The minimum absolute atomic E-state index is 0.0754. The molecule has 20 heavy (non-hydrogen) atoms. The molecule has 1 aromatic heterocycles. The smallest absolute Gasteiger partial charge is 0.263 e. The minimum Gasteiger partial charge on any atom is -0.398 e. The van der Waals surface area contributed by atoms with Crippen molar-refractivity contribution >= 4 is 33.1 Å². The molecule has 0 saturated carbocycles. The Balaban J connectivity index is 2.46. The Morgan fingerprint density at radius 2 is 2.05 bits per heavy atom. The summed E-state index contributed by atoms with van der Waals surface area (Å²) >= 11 is 5.81. The zero-order valence-electron chi connectivity index (χ0n) is 10.4. The molecule has 2 aromatic rings. The third kappa shape index (κ3) is 3.00. The van der Waals surface area contributed by atoms with Crippen molar-refractivity contribution < 1.29 is 12.8 Å². The molecule has 1 heterocycles. The fraction of sp³-hybridized carbons (Fsp3) is 0.0833. The fourth-order valence-electron chi connectivity index (χ4n) is 1.61. The lowest BCUT2D eigenvalue weighted by Gasteiger charge is -2.11. The maximum absolute atomic E-state index is 13.0. The first kappa shape index (κ1) is 14.5. The first-order chi connectivity index (χ1) is 9.29. The Morgan fingerprint density at radius 3 is 2.70 bits per heavy atom. The second-order valence-corrected chi connectivity index (χ2v) is 6.16. The number of nitrogens with zero attached hydrogens (tertiary/aromatic N) is 1. The molecule has 0 unspecified atom stereocenters. The van der Waals surface area contributed by atoms with E-state index in [0.717, 1.165) is 6.07 Å². The second-order valence-electron chi connectivity index (χ2n) is 4.07. The van der Waals surface area contributed by atoms with Crippen molar-refractivity contribution in [2.75, 3.05) is 10.5 Å². The van der Waals surface area contributed by atoms with Gasteiger partial charge >= 0.3 is 0 Å². The van der Waals surface area contributed by atoms with Gasteiger partial charge in [-0.05, 0) is 36.8 Å². The van der Waals surface area contributed by atoms with Crippen molar-refractivity contribution in [2.24, 2.45) is 0 Å². The van der Waals surface area contributed by atoms with E-state index in [2.05, 4.69) is 9.71 Å². The van der Waals surface area contributed by atoms with Crippen LogP contribution in [0.15, 0.2) is 35.2 Å². The number of hydrogen-bond donors (Lipinski definition) is 2. The third-order valence-corrected chi connectivity index (χ3v) is 4.31. The van der Waals surface area contributed by atoms with Crippen LogP contribution < -0.4 is 10.5 Å². The van der Waals surface area contributed by atoms with Crippen molar-refractivity contribution in [3.05, 3.63) is 46.9 Å². The zero-order valence-corrected chi connectivity index (χ0v) is 12.0. The van der Waals surface area contributed by atoms with Gasteiger partial charge in [0, 0.05) is 10.7 Å². The maximum atomic E-state index is 13.0. The average Bonchev–Trinajstić information content (AvgIpc) is 2.33. The van der Waals surface area contributed by atoms with Gasteiger partial charge in [0.05, 0.1) is 4.90 Å². The van der Waals surface area contributed by atoms with Gasteiger partial charge in [-0.1, -0.05) is 17.7 Å². The summed E-state index contributed by atoms with van der Waals surface area (Å²) in [5.74, 6) is -0.907. The number of pyridine rings is 1. The van der Waals surface area contributed by atoms with Crippen LogP contribution in [0, 0.1) is 12.9 Å². The summed E-state index contributed by atoms with van der Waals surface area (Å²) in [6.07, 6.45) is 0. The van der Waals surface area contributed by atoms with E-state index < -0.39 is 16.0 Å². The highest BCUT2D eigenvalue weighted by Gasteiger charge is 2.20. The molecule has 106 valence electrons. The van der Waals surface area contributed by atoms with Gasteiger partial charge in [-0.2, -0.15) is 4.39 Å². The number of aromatic nitrogens is 1. The van der Waals surface area contributed by atoms with Crippen molar-refractivity contribution in [2.45, 2.75) is 11.8 Å². The van der Waals surface area contributed by atoms with Gasteiger partial charge in [0.25, 0.3) is 10.0 Å².